The van der Waals surface area contributed by atoms with E-state index in [-0.39, 0.29) is 43.1 Å². The lowest BCUT2D eigenvalue weighted by atomic mass is 10.0. The Labute approximate surface area is 178 Å². The molecule has 0 fully saturated rings. The first kappa shape index (κ1) is 23.8. The Morgan fingerprint density at radius 2 is 2.00 bits per heavy atom. The van der Waals surface area contributed by atoms with Gasteiger partial charge in [-0.1, -0.05) is 18.2 Å². The fraction of sp³-hybridized carbons (Fsp3) is 0.333. The molecule has 1 aliphatic carbocycles. The van der Waals surface area contributed by atoms with Crippen LogP contribution in [0, 0.1) is 0 Å². The highest BCUT2D eigenvalue weighted by Crippen LogP contribution is 2.32. The number of carbonyl (C=O) groups is 2. The summed E-state index contributed by atoms with van der Waals surface area (Å²) in [6.45, 7) is 0. The monoisotopic (exact) mass is 435 g/mol. The summed E-state index contributed by atoms with van der Waals surface area (Å²) in [7, 11) is 3.15. The van der Waals surface area contributed by atoms with E-state index in [2.05, 4.69) is 20.6 Å². The second kappa shape index (κ2) is 10.6. The second-order valence-corrected chi connectivity index (χ2v) is 6.69. The van der Waals surface area contributed by atoms with Crippen LogP contribution in [0.4, 0.5) is 18.9 Å². The molecule has 0 bridgehead atoms. The minimum atomic E-state index is -4.37. The molecule has 1 aliphatic rings. The summed E-state index contributed by atoms with van der Waals surface area (Å²) in [5.41, 5.74) is 6.71. The maximum atomic E-state index is 12.8. The Balaban J connectivity index is 2.05. The summed E-state index contributed by atoms with van der Waals surface area (Å²) >= 11 is 0. The Hall–Kier alpha value is -3.43. The van der Waals surface area contributed by atoms with Gasteiger partial charge in [-0.15, -0.1) is 0 Å². The van der Waals surface area contributed by atoms with E-state index in [1.54, 1.807) is 31.3 Å². The normalized spacial score (nSPS) is 14.8. The van der Waals surface area contributed by atoms with Crippen LogP contribution in [-0.4, -0.2) is 44.1 Å². The lowest BCUT2D eigenvalue weighted by molar-refractivity contribution is -0.117. The molecule has 0 aliphatic heterocycles. The molecule has 166 valence electrons. The number of benzene rings is 1. The second-order valence-electron chi connectivity index (χ2n) is 6.69. The van der Waals surface area contributed by atoms with Gasteiger partial charge in [-0.3, -0.25) is 14.6 Å². The molecule has 2 rings (SSSR count). The van der Waals surface area contributed by atoms with E-state index in [0.29, 0.717) is 16.8 Å². The van der Waals surface area contributed by atoms with Crippen LogP contribution in [0.2, 0.25) is 0 Å². The zero-order valence-electron chi connectivity index (χ0n) is 17.2. The molecule has 0 unspecified atom stereocenters. The van der Waals surface area contributed by atoms with Gasteiger partial charge >= 0.3 is 6.18 Å². The highest BCUT2D eigenvalue weighted by molar-refractivity contribution is 6.04. The largest absolute Gasteiger partial charge is 0.412 e. The molecular formula is C21H24F3N5O2. The van der Waals surface area contributed by atoms with Gasteiger partial charge in [0.15, 0.2) is 0 Å². The molecular weight excluding hydrogens is 411 g/mol. The molecule has 1 aromatic rings. The highest BCUT2D eigenvalue weighted by atomic mass is 19.4. The number of carbonyl (C=O) groups excluding carboxylic acids is 2. The van der Waals surface area contributed by atoms with Crippen LogP contribution in [0.1, 0.15) is 35.2 Å². The molecule has 1 aromatic carbocycles. The third-order valence-electron chi connectivity index (χ3n) is 4.48. The van der Waals surface area contributed by atoms with Crippen molar-refractivity contribution in [1.82, 2.24) is 5.32 Å². The van der Waals surface area contributed by atoms with Gasteiger partial charge in [-0.2, -0.15) is 13.2 Å². The van der Waals surface area contributed by atoms with Crippen molar-refractivity contribution in [1.29, 1.82) is 0 Å². The zero-order valence-corrected chi connectivity index (χ0v) is 17.2. The Bertz CT molecular complexity index is 962. The first-order valence-electron chi connectivity index (χ1n) is 9.53. The average Bonchev–Trinajstić information content (AvgIpc) is 2.72. The number of hydrogen-bond donors (Lipinski definition) is 3. The number of nitrogens with two attached hydrogens (primary N) is 1. The van der Waals surface area contributed by atoms with Gasteiger partial charge in [0.1, 0.15) is 5.84 Å². The number of rotatable bonds is 7. The van der Waals surface area contributed by atoms with Crippen molar-refractivity contribution < 1.29 is 22.8 Å². The van der Waals surface area contributed by atoms with Crippen LogP contribution in [-0.2, 0) is 11.2 Å². The predicted octanol–water partition coefficient (Wildman–Crippen LogP) is 3.14. The van der Waals surface area contributed by atoms with Gasteiger partial charge in [0.25, 0.3) is 11.8 Å². The Morgan fingerprint density at radius 3 is 2.65 bits per heavy atom. The van der Waals surface area contributed by atoms with Crippen molar-refractivity contribution in [2.24, 2.45) is 15.7 Å². The lowest BCUT2D eigenvalue weighted by Gasteiger charge is -2.14. The molecule has 0 spiro atoms. The molecule has 4 N–H and O–H groups in total. The highest BCUT2D eigenvalue weighted by Gasteiger charge is 2.33. The van der Waals surface area contributed by atoms with Crippen molar-refractivity contribution in [2.45, 2.75) is 31.9 Å². The van der Waals surface area contributed by atoms with Crippen LogP contribution in [0.5, 0.6) is 0 Å². The number of halogens is 3. The third kappa shape index (κ3) is 6.80. The molecule has 10 heteroatoms. The van der Waals surface area contributed by atoms with E-state index < -0.39 is 17.7 Å². The van der Waals surface area contributed by atoms with Crippen LogP contribution >= 0.6 is 0 Å². The summed E-state index contributed by atoms with van der Waals surface area (Å²) in [6.07, 6.45) is -0.443. The van der Waals surface area contributed by atoms with Crippen LogP contribution in [0.25, 0.3) is 0 Å². The zero-order chi connectivity index (χ0) is 23.0. The maximum absolute atomic E-state index is 12.8. The van der Waals surface area contributed by atoms with Gasteiger partial charge in [0, 0.05) is 38.0 Å². The maximum Gasteiger partial charge on any atom is 0.412 e. The fourth-order valence-corrected chi connectivity index (χ4v) is 3.00. The Morgan fingerprint density at radius 1 is 1.26 bits per heavy atom. The van der Waals surface area contributed by atoms with E-state index in [4.69, 9.17) is 5.73 Å². The number of amidine groups is 1. The molecule has 0 saturated heterocycles. The minimum Gasteiger partial charge on any atom is -0.387 e. The van der Waals surface area contributed by atoms with Gasteiger partial charge in [0.2, 0.25) is 0 Å². The average molecular weight is 435 g/mol. The lowest BCUT2D eigenvalue weighted by Crippen LogP contribution is -2.22. The van der Waals surface area contributed by atoms with Crippen LogP contribution in [0.15, 0.2) is 51.6 Å². The van der Waals surface area contributed by atoms with Crippen LogP contribution in [0.3, 0.4) is 0 Å². The van der Waals surface area contributed by atoms with E-state index in [1.165, 1.54) is 13.3 Å². The molecule has 0 atom stereocenters. The van der Waals surface area contributed by atoms with E-state index >= 15 is 0 Å². The molecule has 0 saturated carbocycles. The van der Waals surface area contributed by atoms with E-state index in [0.717, 1.165) is 6.08 Å². The summed E-state index contributed by atoms with van der Waals surface area (Å²) in [4.78, 5) is 32.2. The molecule has 7 nitrogen and oxygen atoms in total. The molecule has 0 aromatic heterocycles. The molecule has 0 heterocycles. The Kier molecular flexibility index (Phi) is 8.12. The fourth-order valence-electron chi connectivity index (χ4n) is 3.00. The number of nitrogens with one attached hydrogen (secondary N) is 2. The number of hydrogen-bond acceptors (Lipinski definition) is 4. The number of nitrogens with zero attached hydrogens (tertiary/aromatic N) is 2. The first-order chi connectivity index (χ1) is 14.7. The number of alkyl halides is 3. The van der Waals surface area contributed by atoms with E-state index in [1.807, 2.05) is 0 Å². The summed E-state index contributed by atoms with van der Waals surface area (Å²) < 4.78 is 38.3. The number of anilines is 1. The van der Waals surface area contributed by atoms with Crippen LogP contribution < -0.4 is 16.4 Å². The predicted molar refractivity (Wildman–Crippen MR) is 114 cm³/mol. The first-order valence-corrected chi connectivity index (χ1v) is 9.53. The smallest absolute Gasteiger partial charge is 0.387 e. The quantitative estimate of drug-likeness (QED) is 0.452. The van der Waals surface area contributed by atoms with Gasteiger partial charge < -0.3 is 16.4 Å². The molecule has 0 radical (unpaired) electrons. The number of amides is 2. The number of aliphatic imine (C=N–C) groups is 2. The SMILES string of the molecule is CNC(=O)c1c(CC(=O)N=C(N)CC=NC2=CCCC(C(F)(F)F)=C2)cccc1NC. The van der Waals surface area contributed by atoms with Crippen molar-refractivity contribution >= 4 is 29.6 Å². The summed E-state index contributed by atoms with van der Waals surface area (Å²) in [5, 5.41) is 5.44. The summed E-state index contributed by atoms with van der Waals surface area (Å²) in [6, 6.07) is 5.07. The minimum absolute atomic E-state index is 0.00285. The van der Waals surface area contributed by atoms with Crippen molar-refractivity contribution in [3.63, 3.8) is 0 Å². The molecule has 2 amide bonds. The van der Waals surface area contributed by atoms with Gasteiger partial charge in [0.05, 0.1) is 17.7 Å². The molecule has 31 heavy (non-hydrogen) atoms. The standard InChI is InChI=1S/C21H24F3N5O2/c1-26-16-8-3-5-13(19(16)20(31)27-2)11-18(30)29-17(25)9-10-28-15-7-4-6-14(12-15)21(22,23)24/h3,5,7-8,10,12,26H,4,6,9,11H2,1-2H3,(H,27,31)(H2,25,29,30). The summed E-state index contributed by atoms with van der Waals surface area (Å²) in [5.74, 6) is -0.930. The van der Waals surface area contributed by atoms with Gasteiger partial charge in [-0.25, -0.2) is 4.99 Å². The third-order valence-corrected chi connectivity index (χ3v) is 4.48. The topological polar surface area (TPSA) is 109 Å². The number of allylic oxidation sites excluding steroid dienone is 3. The van der Waals surface area contributed by atoms with Crippen molar-refractivity contribution in [2.75, 3.05) is 19.4 Å². The van der Waals surface area contributed by atoms with E-state index in [9.17, 15) is 22.8 Å². The van der Waals surface area contributed by atoms with Gasteiger partial charge in [-0.05, 0) is 30.5 Å². The van der Waals surface area contributed by atoms with Crippen molar-refractivity contribution in [3.05, 3.63) is 52.7 Å². The van der Waals surface area contributed by atoms with Crippen molar-refractivity contribution in [3.8, 4) is 0 Å².